The zero-order valence-corrected chi connectivity index (χ0v) is 26.5. The lowest BCUT2D eigenvalue weighted by atomic mass is 9.48. The predicted octanol–water partition coefficient (Wildman–Crippen LogP) is 6.59. The fourth-order valence-electron chi connectivity index (χ4n) is 6.00. The molecule has 1 saturated heterocycles. The maximum Gasteiger partial charge on any atom is 0.416 e. The number of anilines is 3. The fourth-order valence-corrected chi connectivity index (χ4v) is 6.23. The molecule has 238 valence electrons. The Morgan fingerprint density at radius 1 is 1.02 bits per heavy atom. The molecule has 3 aliphatic heterocycles. The number of hydrogen-bond acceptors (Lipinski definition) is 5. The van der Waals surface area contributed by atoms with Crippen molar-refractivity contribution in [3.63, 3.8) is 0 Å². The standard InChI is InChI=1S/C24H24B3ClFN5.C9H6F4/c1-13-20-21(22(31-13)16-11-15(29)5-6-17(16)28)18(30-3)12-19-23(20)34(24(25,26)27)14(2)33(19)10-9-32-7-4-8-32;1-2-6-3-7(9(11,12)13)5-8(10)4-6/h5-6,11-12,22,30-31H,1-2,4,7-10H2,3H3;2-5H,1H2. The van der Waals surface area contributed by atoms with Crippen molar-refractivity contribution in [3.8, 4) is 0 Å². The van der Waals surface area contributed by atoms with Gasteiger partial charge in [0, 0.05) is 53.2 Å². The van der Waals surface area contributed by atoms with Gasteiger partial charge in [0.2, 0.25) is 0 Å². The summed E-state index contributed by atoms with van der Waals surface area (Å²) in [5, 5.41) is 5.43. The van der Waals surface area contributed by atoms with Gasteiger partial charge in [-0.05, 0) is 67.5 Å². The molecule has 1 unspecified atom stereocenters. The Labute approximate surface area is 280 Å². The Morgan fingerprint density at radius 3 is 2.30 bits per heavy atom. The van der Waals surface area contributed by atoms with E-state index < -0.39 is 28.8 Å². The highest BCUT2D eigenvalue weighted by molar-refractivity contribution is 6.61. The molecule has 0 amide bonds. The number of alkyl halides is 3. The van der Waals surface area contributed by atoms with Crippen molar-refractivity contribution in [3.05, 3.63) is 112 Å². The second-order valence-corrected chi connectivity index (χ2v) is 11.9. The van der Waals surface area contributed by atoms with E-state index in [1.54, 1.807) is 11.0 Å². The highest BCUT2D eigenvalue weighted by Gasteiger charge is 2.43. The van der Waals surface area contributed by atoms with E-state index in [-0.39, 0.29) is 11.4 Å². The monoisotopic (exact) mass is 659 g/mol. The third-order valence-electron chi connectivity index (χ3n) is 8.31. The number of likely N-dealkylation sites (tertiary alicyclic amines) is 1. The van der Waals surface area contributed by atoms with Crippen LogP contribution in [-0.2, 0) is 6.18 Å². The van der Waals surface area contributed by atoms with Crippen molar-refractivity contribution in [1.29, 1.82) is 0 Å². The van der Waals surface area contributed by atoms with Crippen LogP contribution in [0.1, 0.15) is 40.3 Å². The molecule has 0 bridgehead atoms. The van der Waals surface area contributed by atoms with Crippen LogP contribution in [0.4, 0.5) is 39.0 Å². The molecule has 0 saturated carbocycles. The Morgan fingerprint density at radius 2 is 1.72 bits per heavy atom. The molecule has 3 aromatic rings. The summed E-state index contributed by atoms with van der Waals surface area (Å²) in [6, 6.07) is 8.21. The van der Waals surface area contributed by atoms with Gasteiger partial charge in [-0.1, -0.05) is 42.7 Å². The van der Waals surface area contributed by atoms with Crippen LogP contribution in [0, 0.1) is 11.6 Å². The summed E-state index contributed by atoms with van der Waals surface area (Å²) in [4.78, 5) is 6.12. The van der Waals surface area contributed by atoms with Crippen LogP contribution in [0.5, 0.6) is 0 Å². The van der Waals surface area contributed by atoms with Gasteiger partial charge in [0.05, 0.1) is 46.5 Å². The number of halogens is 6. The van der Waals surface area contributed by atoms with E-state index in [2.05, 4.69) is 40.2 Å². The number of fused-ring (bicyclic) bond motifs is 3. The Balaban J connectivity index is 0.000000281. The quantitative estimate of drug-likeness (QED) is 0.221. The summed E-state index contributed by atoms with van der Waals surface area (Å²) < 4.78 is 63.0. The number of nitrogens with one attached hydrogen (secondary N) is 2. The summed E-state index contributed by atoms with van der Waals surface area (Å²) in [5.41, 5.74) is 4.49. The van der Waals surface area contributed by atoms with E-state index in [9.17, 15) is 22.0 Å². The molecule has 0 aromatic heterocycles. The van der Waals surface area contributed by atoms with Crippen molar-refractivity contribution < 1.29 is 22.0 Å². The van der Waals surface area contributed by atoms with Gasteiger partial charge in [0.25, 0.3) is 0 Å². The Bertz CT molecular complexity index is 1740. The molecule has 3 heterocycles. The molecular weight excluding hydrogens is 629 g/mol. The van der Waals surface area contributed by atoms with Crippen LogP contribution in [0.25, 0.3) is 11.8 Å². The lowest BCUT2D eigenvalue weighted by molar-refractivity contribution is -0.137. The first-order valence-electron chi connectivity index (χ1n) is 14.7. The highest BCUT2D eigenvalue weighted by atomic mass is 35.5. The summed E-state index contributed by atoms with van der Waals surface area (Å²) in [6.07, 6.45) is -2.13. The van der Waals surface area contributed by atoms with E-state index in [0.29, 0.717) is 34.7 Å². The van der Waals surface area contributed by atoms with Crippen LogP contribution < -0.4 is 20.4 Å². The molecule has 14 heteroatoms. The van der Waals surface area contributed by atoms with Crippen molar-refractivity contribution in [1.82, 2.24) is 10.2 Å². The second-order valence-electron chi connectivity index (χ2n) is 11.5. The SMILES string of the molecule is C=Cc1cc(F)cc(C(F)(F)F)c1.[B]C([B])([B])N1C(=C)N(CCN2CCC2)c2cc(NC)c3c(c21)C(=C)NC3c1cc(F)ccc1Cl. The zero-order chi connectivity index (χ0) is 34.4. The molecule has 2 N–H and O–H groups in total. The van der Waals surface area contributed by atoms with Crippen molar-refractivity contribution in [2.24, 2.45) is 0 Å². The fraction of sp³-hybridized carbons (Fsp3) is 0.273. The third kappa shape index (κ3) is 6.78. The smallest absolute Gasteiger partial charge is 0.388 e. The molecule has 5 nitrogen and oxygen atoms in total. The maximum absolute atomic E-state index is 14.2. The third-order valence-corrected chi connectivity index (χ3v) is 8.65. The first kappa shape index (κ1) is 34.5. The normalized spacial score (nSPS) is 17.4. The molecule has 1 fully saturated rings. The first-order valence-corrected chi connectivity index (χ1v) is 15.1. The van der Waals surface area contributed by atoms with Crippen LogP contribution >= 0.6 is 11.6 Å². The van der Waals surface area contributed by atoms with E-state index >= 15 is 0 Å². The van der Waals surface area contributed by atoms with E-state index in [4.69, 9.17) is 35.1 Å². The zero-order valence-electron chi connectivity index (χ0n) is 25.7. The van der Waals surface area contributed by atoms with Crippen molar-refractivity contribution in [2.45, 2.75) is 23.9 Å². The van der Waals surface area contributed by atoms with Gasteiger partial charge in [-0.25, -0.2) is 8.78 Å². The number of benzene rings is 3. The van der Waals surface area contributed by atoms with Crippen molar-refractivity contribution >= 4 is 64.0 Å². The van der Waals surface area contributed by atoms with Crippen LogP contribution in [-0.4, -0.2) is 66.9 Å². The summed E-state index contributed by atoms with van der Waals surface area (Å²) in [7, 11) is 20.6. The van der Waals surface area contributed by atoms with E-state index in [1.807, 2.05) is 13.1 Å². The first-order chi connectivity index (χ1) is 22.0. The lowest BCUT2D eigenvalue weighted by Gasteiger charge is -2.39. The molecular formula is C33H30B3ClF5N5. The maximum atomic E-state index is 14.2. The van der Waals surface area contributed by atoms with Crippen molar-refractivity contribution in [2.75, 3.05) is 48.3 Å². The predicted molar refractivity (Wildman–Crippen MR) is 183 cm³/mol. The molecule has 6 rings (SSSR count). The molecule has 6 radical (unpaired) electrons. The molecule has 0 aliphatic carbocycles. The molecule has 1 atom stereocenters. The Hall–Kier alpha value is -3.83. The minimum atomic E-state index is -4.51. The average Bonchev–Trinajstić information content (AvgIpc) is 3.46. The number of hydrogen-bond donors (Lipinski definition) is 2. The van der Waals surface area contributed by atoms with Gasteiger partial charge in [0.15, 0.2) is 0 Å². The molecule has 3 aliphatic rings. The van der Waals surface area contributed by atoms with Gasteiger partial charge in [-0.2, -0.15) is 13.2 Å². The van der Waals surface area contributed by atoms with Gasteiger partial charge in [-0.15, -0.1) is 0 Å². The highest BCUT2D eigenvalue weighted by Crippen LogP contribution is 2.55. The molecule has 3 aromatic carbocycles. The summed E-state index contributed by atoms with van der Waals surface area (Å²) >= 11 is 6.49. The number of rotatable bonds is 7. The van der Waals surface area contributed by atoms with Crippen LogP contribution in [0.3, 0.4) is 0 Å². The summed E-state index contributed by atoms with van der Waals surface area (Å²) in [6.45, 7) is 15.6. The topological polar surface area (TPSA) is 33.8 Å². The molecule has 0 spiro atoms. The van der Waals surface area contributed by atoms with Crippen LogP contribution in [0.15, 0.2) is 68.0 Å². The van der Waals surface area contributed by atoms with Gasteiger partial charge >= 0.3 is 6.18 Å². The summed E-state index contributed by atoms with van der Waals surface area (Å²) in [5.74, 6) is -0.687. The minimum absolute atomic E-state index is 0.118. The minimum Gasteiger partial charge on any atom is -0.388 e. The van der Waals surface area contributed by atoms with Gasteiger partial charge < -0.3 is 25.3 Å². The largest absolute Gasteiger partial charge is 0.416 e. The van der Waals surface area contributed by atoms with Gasteiger partial charge in [-0.3, -0.25) is 0 Å². The van der Waals surface area contributed by atoms with Gasteiger partial charge in [0.1, 0.15) is 17.5 Å². The second kappa shape index (κ2) is 13.0. The van der Waals surface area contributed by atoms with E-state index in [1.165, 1.54) is 24.6 Å². The molecule has 47 heavy (non-hydrogen) atoms. The average molecular weight is 660 g/mol. The lowest BCUT2D eigenvalue weighted by Crippen LogP contribution is -2.51. The van der Waals surface area contributed by atoms with E-state index in [0.717, 1.165) is 60.0 Å². The van der Waals surface area contributed by atoms with Crippen LogP contribution in [0.2, 0.25) is 5.02 Å². The number of nitrogens with zero attached hydrogens (tertiary/aromatic N) is 3. The Kier molecular flexibility index (Phi) is 9.54.